The second-order valence-corrected chi connectivity index (χ2v) is 8.03. The lowest BCUT2D eigenvalue weighted by Gasteiger charge is -2.33. The minimum absolute atomic E-state index is 0.0390. The summed E-state index contributed by atoms with van der Waals surface area (Å²) >= 11 is 0. The van der Waals surface area contributed by atoms with E-state index in [1.165, 1.54) is 25.5 Å². The molecule has 3 heterocycles. The van der Waals surface area contributed by atoms with Crippen LogP contribution in [0.15, 0.2) is 39.6 Å². The number of carbonyl (C=O) groups is 2. The molecule has 2 aromatic rings. The van der Waals surface area contributed by atoms with Gasteiger partial charge in [0.05, 0.1) is 24.6 Å². The van der Waals surface area contributed by atoms with E-state index >= 15 is 0 Å². The van der Waals surface area contributed by atoms with Gasteiger partial charge in [0.1, 0.15) is 11.5 Å². The minimum atomic E-state index is -0.162. The molecule has 7 heteroatoms. The highest BCUT2D eigenvalue weighted by Gasteiger charge is 2.21. The molecule has 2 aromatic heterocycles. The summed E-state index contributed by atoms with van der Waals surface area (Å²) in [7, 11) is 0. The van der Waals surface area contributed by atoms with Crippen molar-refractivity contribution in [2.45, 2.75) is 58.5 Å². The van der Waals surface area contributed by atoms with Gasteiger partial charge >= 0.3 is 0 Å². The van der Waals surface area contributed by atoms with E-state index in [9.17, 15) is 9.59 Å². The number of nitrogens with zero attached hydrogens (tertiary/aromatic N) is 2. The number of amides is 2. The molecule has 1 aliphatic rings. The monoisotopic (exact) mass is 415 g/mol. The van der Waals surface area contributed by atoms with Crippen molar-refractivity contribution in [1.82, 2.24) is 15.1 Å². The number of piperidine rings is 1. The van der Waals surface area contributed by atoms with E-state index in [0.717, 1.165) is 19.5 Å². The Bertz CT molecular complexity index is 799. The molecule has 0 unspecified atom stereocenters. The van der Waals surface area contributed by atoms with Gasteiger partial charge in [0.15, 0.2) is 0 Å². The summed E-state index contributed by atoms with van der Waals surface area (Å²) in [6.45, 7) is 7.51. The van der Waals surface area contributed by atoms with Crippen LogP contribution in [0.3, 0.4) is 0 Å². The molecule has 2 amide bonds. The average molecular weight is 416 g/mol. The maximum absolute atomic E-state index is 12.9. The lowest BCUT2D eigenvalue weighted by atomic mass is 10.0. The molecule has 0 radical (unpaired) electrons. The van der Waals surface area contributed by atoms with Gasteiger partial charge < -0.3 is 24.0 Å². The fourth-order valence-corrected chi connectivity index (χ4v) is 3.94. The number of furan rings is 2. The number of hydrogen-bond donors (Lipinski definition) is 1. The highest BCUT2D eigenvalue weighted by atomic mass is 16.3. The average Bonchev–Trinajstić information content (AvgIpc) is 3.40. The molecule has 0 bridgehead atoms. The fourth-order valence-electron chi connectivity index (χ4n) is 3.94. The van der Waals surface area contributed by atoms with Gasteiger partial charge in [-0.1, -0.05) is 6.42 Å². The number of carbonyl (C=O) groups excluding carboxylic acids is 2. The van der Waals surface area contributed by atoms with Gasteiger partial charge in [0.2, 0.25) is 5.91 Å². The Morgan fingerprint density at radius 2 is 2.10 bits per heavy atom. The van der Waals surface area contributed by atoms with Crippen LogP contribution in [0.4, 0.5) is 0 Å². The largest absolute Gasteiger partial charge is 0.469 e. The number of likely N-dealkylation sites (tertiary alicyclic amines) is 1. The number of rotatable bonds is 10. The molecule has 30 heavy (non-hydrogen) atoms. The molecule has 0 aliphatic carbocycles. The smallest absolute Gasteiger partial charge is 0.257 e. The quantitative estimate of drug-likeness (QED) is 0.600. The van der Waals surface area contributed by atoms with E-state index in [4.69, 9.17) is 8.83 Å². The third-order valence-electron chi connectivity index (χ3n) is 5.80. The first kappa shape index (κ1) is 22.2. The van der Waals surface area contributed by atoms with Crippen LogP contribution in [0.5, 0.6) is 0 Å². The van der Waals surface area contributed by atoms with Crippen molar-refractivity contribution in [2.75, 3.05) is 26.2 Å². The molecule has 0 spiro atoms. The molecule has 164 valence electrons. The van der Waals surface area contributed by atoms with Crippen molar-refractivity contribution in [3.05, 3.63) is 47.8 Å². The Morgan fingerprint density at radius 1 is 1.23 bits per heavy atom. The summed E-state index contributed by atoms with van der Waals surface area (Å²) < 4.78 is 10.7. The summed E-state index contributed by atoms with van der Waals surface area (Å²) in [4.78, 5) is 29.4. The zero-order chi connectivity index (χ0) is 21.3. The van der Waals surface area contributed by atoms with Crippen molar-refractivity contribution in [1.29, 1.82) is 0 Å². The first-order chi connectivity index (χ1) is 14.5. The van der Waals surface area contributed by atoms with Gasteiger partial charge in [-0.3, -0.25) is 9.59 Å². The highest BCUT2D eigenvalue weighted by molar-refractivity contribution is 5.95. The van der Waals surface area contributed by atoms with Crippen LogP contribution in [0.2, 0.25) is 0 Å². The van der Waals surface area contributed by atoms with Crippen LogP contribution in [0.25, 0.3) is 0 Å². The molecule has 1 saturated heterocycles. The zero-order valence-corrected chi connectivity index (χ0v) is 18.1. The first-order valence-corrected chi connectivity index (χ1v) is 10.9. The summed E-state index contributed by atoms with van der Waals surface area (Å²) in [6.07, 6.45) is 8.14. The third kappa shape index (κ3) is 6.23. The van der Waals surface area contributed by atoms with Crippen LogP contribution in [-0.2, 0) is 11.3 Å². The van der Waals surface area contributed by atoms with E-state index in [2.05, 4.69) is 17.1 Å². The van der Waals surface area contributed by atoms with Crippen LogP contribution < -0.4 is 5.32 Å². The lowest BCUT2D eigenvalue weighted by molar-refractivity contribution is -0.121. The normalized spacial score (nSPS) is 17.1. The molecule has 1 aliphatic heterocycles. The van der Waals surface area contributed by atoms with Gasteiger partial charge in [-0.15, -0.1) is 0 Å². The summed E-state index contributed by atoms with van der Waals surface area (Å²) in [5.74, 6) is 1.05. The Balaban J connectivity index is 1.45. The Hall–Kier alpha value is -2.54. The second kappa shape index (κ2) is 11.0. The molecule has 1 fully saturated rings. The van der Waals surface area contributed by atoms with Gasteiger partial charge in [-0.25, -0.2) is 0 Å². The predicted molar refractivity (Wildman–Crippen MR) is 114 cm³/mol. The van der Waals surface area contributed by atoms with Crippen molar-refractivity contribution < 1.29 is 18.4 Å². The molecule has 0 aromatic carbocycles. The van der Waals surface area contributed by atoms with Gasteiger partial charge in [0, 0.05) is 32.1 Å². The molecular weight excluding hydrogens is 382 g/mol. The van der Waals surface area contributed by atoms with Crippen LogP contribution in [-0.4, -0.2) is 53.8 Å². The molecule has 1 atom stereocenters. The maximum Gasteiger partial charge on any atom is 0.257 e. The Kier molecular flexibility index (Phi) is 8.13. The van der Waals surface area contributed by atoms with Gasteiger partial charge in [-0.05, 0) is 57.9 Å². The van der Waals surface area contributed by atoms with E-state index in [1.807, 2.05) is 6.07 Å². The van der Waals surface area contributed by atoms with Crippen molar-refractivity contribution >= 4 is 11.8 Å². The van der Waals surface area contributed by atoms with E-state index < -0.39 is 0 Å². The fraction of sp³-hybridized carbons (Fsp3) is 0.565. The maximum atomic E-state index is 12.9. The molecule has 3 rings (SSSR count). The Labute approximate surface area is 178 Å². The Morgan fingerprint density at radius 3 is 2.80 bits per heavy atom. The van der Waals surface area contributed by atoms with Crippen LogP contribution in [0, 0.1) is 6.92 Å². The molecular formula is C23H33N3O4. The summed E-state index contributed by atoms with van der Waals surface area (Å²) in [5, 5.41) is 2.99. The zero-order valence-electron chi connectivity index (χ0n) is 18.1. The topological polar surface area (TPSA) is 78.9 Å². The highest BCUT2D eigenvalue weighted by Crippen LogP contribution is 2.17. The molecule has 0 saturated carbocycles. The van der Waals surface area contributed by atoms with Crippen molar-refractivity contribution in [2.24, 2.45) is 0 Å². The predicted octanol–water partition coefficient (Wildman–Crippen LogP) is 3.59. The van der Waals surface area contributed by atoms with Crippen LogP contribution in [0.1, 0.15) is 60.9 Å². The summed E-state index contributed by atoms with van der Waals surface area (Å²) in [6, 6.07) is 5.91. The van der Waals surface area contributed by atoms with Gasteiger partial charge in [-0.2, -0.15) is 0 Å². The first-order valence-electron chi connectivity index (χ1n) is 10.9. The SMILES string of the molecule is Cc1occc1C(=O)N(CCC(=O)NCCCN1CCCC[C@H]1C)Cc1ccco1. The number of hydrogen-bond acceptors (Lipinski definition) is 5. The standard InChI is InChI=1S/C23H33N3O4/c1-18-7-3-4-12-25(18)13-6-11-24-22(27)9-14-26(17-20-8-5-15-30-20)23(28)21-10-16-29-19(21)2/h5,8,10,15-16,18H,3-4,6-7,9,11-14,17H2,1-2H3,(H,24,27)/t18-/m1/s1. The van der Waals surface area contributed by atoms with Crippen molar-refractivity contribution in [3.63, 3.8) is 0 Å². The van der Waals surface area contributed by atoms with Crippen molar-refractivity contribution in [3.8, 4) is 0 Å². The van der Waals surface area contributed by atoms with E-state index in [1.54, 1.807) is 30.2 Å². The second-order valence-electron chi connectivity index (χ2n) is 8.03. The lowest BCUT2D eigenvalue weighted by Crippen LogP contribution is -2.39. The number of nitrogens with one attached hydrogen (secondary N) is 1. The molecule has 7 nitrogen and oxygen atoms in total. The van der Waals surface area contributed by atoms with Gasteiger partial charge in [0.25, 0.3) is 5.91 Å². The minimum Gasteiger partial charge on any atom is -0.469 e. The third-order valence-corrected chi connectivity index (χ3v) is 5.80. The molecule has 1 N–H and O–H groups in total. The van der Waals surface area contributed by atoms with E-state index in [-0.39, 0.29) is 18.2 Å². The summed E-state index contributed by atoms with van der Waals surface area (Å²) in [5.41, 5.74) is 0.512. The van der Waals surface area contributed by atoms with E-state index in [0.29, 0.717) is 42.8 Å². The van der Waals surface area contributed by atoms with Crippen LogP contribution >= 0.6 is 0 Å². The number of aryl methyl sites for hydroxylation is 1.